The van der Waals surface area contributed by atoms with Crippen LogP contribution in [0.15, 0.2) is 27.6 Å². The number of sulfonamides is 1. The van der Waals surface area contributed by atoms with Gasteiger partial charge in [0.2, 0.25) is 10.0 Å². The van der Waals surface area contributed by atoms with Crippen molar-refractivity contribution >= 4 is 26.0 Å². The summed E-state index contributed by atoms with van der Waals surface area (Å²) >= 11 is 3.15. The van der Waals surface area contributed by atoms with Gasteiger partial charge in [-0.15, -0.1) is 0 Å². The molecule has 1 heterocycles. The second kappa shape index (κ2) is 6.30. The molecular weight excluding hydrogens is 335 g/mol. The lowest BCUT2D eigenvalue weighted by Crippen LogP contribution is -2.38. The summed E-state index contributed by atoms with van der Waals surface area (Å²) in [6, 6.07) is 3.89. The summed E-state index contributed by atoms with van der Waals surface area (Å²) in [5, 5.41) is 3.21. The average molecular weight is 351 g/mol. The van der Waals surface area contributed by atoms with Crippen LogP contribution in [0.3, 0.4) is 0 Å². The molecule has 1 aliphatic heterocycles. The quantitative estimate of drug-likeness (QED) is 0.871. The molecule has 7 heteroatoms. The Morgan fingerprint density at radius 2 is 2.26 bits per heavy atom. The molecule has 0 radical (unpaired) electrons. The molecule has 0 amide bonds. The third-order valence-corrected chi connectivity index (χ3v) is 5.08. The smallest absolute Gasteiger partial charge is 0.243 e. The van der Waals surface area contributed by atoms with Gasteiger partial charge >= 0.3 is 0 Å². The van der Waals surface area contributed by atoms with Crippen molar-refractivity contribution in [3.63, 3.8) is 0 Å². The predicted octanol–water partition coefficient (Wildman–Crippen LogP) is 1.87. The number of piperidine rings is 1. The molecular formula is C12H16BrFN2O2S. The molecule has 4 nitrogen and oxygen atoms in total. The van der Waals surface area contributed by atoms with E-state index in [9.17, 15) is 12.8 Å². The zero-order valence-corrected chi connectivity index (χ0v) is 12.7. The maximum atomic E-state index is 13.6. The first-order chi connectivity index (χ1) is 8.99. The first kappa shape index (κ1) is 14.9. The van der Waals surface area contributed by atoms with Crippen LogP contribution < -0.4 is 10.0 Å². The van der Waals surface area contributed by atoms with Crippen molar-refractivity contribution in [3.05, 3.63) is 28.5 Å². The molecule has 1 aromatic carbocycles. The number of hydrogen-bond donors (Lipinski definition) is 2. The van der Waals surface area contributed by atoms with Crippen molar-refractivity contribution in [1.29, 1.82) is 0 Å². The molecule has 106 valence electrons. The number of rotatable bonds is 4. The Bertz CT molecular complexity index is 545. The summed E-state index contributed by atoms with van der Waals surface area (Å²) in [6.45, 7) is 2.11. The van der Waals surface area contributed by atoms with Crippen molar-refractivity contribution in [3.8, 4) is 0 Å². The van der Waals surface area contributed by atoms with Crippen molar-refractivity contribution < 1.29 is 12.8 Å². The molecule has 1 aliphatic rings. The van der Waals surface area contributed by atoms with Crippen molar-refractivity contribution in [1.82, 2.24) is 10.0 Å². The van der Waals surface area contributed by atoms with Gasteiger partial charge in [0.05, 0.1) is 0 Å². The Morgan fingerprint density at radius 1 is 1.47 bits per heavy atom. The number of hydrogen-bond acceptors (Lipinski definition) is 3. The fourth-order valence-electron chi connectivity index (χ4n) is 2.09. The van der Waals surface area contributed by atoms with Crippen molar-refractivity contribution in [2.75, 3.05) is 19.6 Å². The van der Waals surface area contributed by atoms with Gasteiger partial charge in [-0.3, -0.25) is 0 Å². The largest absolute Gasteiger partial charge is 0.316 e. The van der Waals surface area contributed by atoms with Gasteiger partial charge in [0, 0.05) is 11.0 Å². The highest BCUT2D eigenvalue weighted by Gasteiger charge is 2.21. The predicted molar refractivity (Wildman–Crippen MR) is 74.9 cm³/mol. The Kier molecular flexibility index (Phi) is 4.94. The van der Waals surface area contributed by atoms with E-state index in [1.54, 1.807) is 0 Å². The summed E-state index contributed by atoms with van der Waals surface area (Å²) < 4.78 is 40.7. The number of halogens is 2. The van der Waals surface area contributed by atoms with Crippen LogP contribution in [0.1, 0.15) is 12.8 Å². The molecule has 0 unspecified atom stereocenters. The maximum absolute atomic E-state index is 13.6. The summed E-state index contributed by atoms with van der Waals surface area (Å²) in [7, 11) is -3.80. The first-order valence-electron chi connectivity index (χ1n) is 6.14. The molecule has 0 bridgehead atoms. The third kappa shape index (κ3) is 3.98. The lowest BCUT2D eigenvalue weighted by molar-refractivity contribution is 0.375. The van der Waals surface area contributed by atoms with E-state index in [2.05, 4.69) is 26.0 Å². The van der Waals surface area contributed by atoms with Gasteiger partial charge in [-0.05, 0) is 50.0 Å². The molecule has 2 N–H and O–H groups in total. The molecule has 19 heavy (non-hydrogen) atoms. The summed E-state index contributed by atoms with van der Waals surface area (Å²) in [4.78, 5) is -0.314. The Labute approximate surface area is 121 Å². The van der Waals surface area contributed by atoms with E-state index in [1.165, 1.54) is 12.1 Å². The standard InChI is InChI=1S/C12H16BrFN2O2S/c13-10-3-4-11(14)12(6-10)19(17,18)16-8-9-2-1-5-15-7-9/h3-4,6,9,15-16H,1-2,5,7-8H2/t9-/m0/s1. The highest BCUT2D eigenvalue weighted by atomic mass is 79.9. The second-order valence-electron chi connectivity index (χ2n) is 4.64. The monoisotopic (exact) mass is 350 g/mol. The SMILES string of the molecule is O=S(=O)(NC[C@H]1CCCNC1)c1cc(Br)ccc1F. The van der Waals surface area contributed by atoms with Crippen molar-refractivity contribution in [2.24, 2.45) is 5.92 Å². The molecule has 1 aromatic rings. The van der Waals surface area contributed by atoms with E-state index < -0.39 is 15.8 Å². The van der Waals surface area contributed by atoms with E-state index in [4.69, 9.17) is 0 Å². The highest BCUT2D eigenvalue weighted by molar-refractivity contribution is 9.10. The van der Waals surface area contributed by atoms with E-state index in [0.29, 0.717) is 11.0 Å². The topological polar surface area (TPSA) is 58.2 Å². The zero-order valence-electron chi connectivity index (χ0n) is 10.3. The summed E-state index contributed by atoms with van der Waals surface area (Å²) in [5.41, 5.74) is 0. The molecule has 1 saturated heterocycles. The molecule has 0 aliphatic carbocycles. The average Bonchev–Trinajstić information content (AvgIpc) is 2.40. The van der Waals surface area contributed by atoms with Gasteiger partial charge in [0.1, 0.15) is 10.7 Å². The highest BCUT2D eigenvalue weighted by Crippen LogP contribution is 2.20. The minimum absolute atomic E-state index is 0.263. The Hall–Kier alpha value is -0.500. The minimum Gasteiger partial charge on any atom is -0.316 e. The van der Waals surface area contributed by atoms with Gasteiger partial charge < -0.3 is 5.32 Å². The lowest BCUT2D eigenvalue weighted by atomic mass is 10.0. The normalized spacial score (nSPS) is 20.4. The van der Waals surface area contributed by atoms with Crippen LogP contribution in [0.4, 0.5) is 4.39 Å². The van der Waals surface area contributed by atoms with Crippen molar-refractivity contribution in [2.45, 2.75) is 17.7 Å². The number of nitrogens with one attached hydrogen (secondary N) is 2. The van der Waals surface area contributed by atoms with E-state index in [-0.39, 0.29) is 10.8 Å². The van der Waals surface area contributed by atoms with Crippen LogP contribution in [0.25, 0.3) is 0 Å². The second-order valence-corrected chi connectivity index (χ2v) is 7.29. The van der Waals surface area contributed by atoms with Gasteiger partial charge in [-0.2, -0.15) is 0 Å². The van der Waals surface area contributed by atoms with E-state index in [1.807, 2.05) is 0 Å². The molecule has 2 rings (SSSR count). The maximum Gasteiger partial charge on any atom is 0.243 e. The van der Waals surface area contributed by atoms with Gasteiger partial charge in [-0.1, -0.05) is 15.9 Å². The first-order valence-corrected chi connectivity index (χ1v) is 8.42. The van der Waals surface area contributed by atoms with Crippen LogP contribution in [0.2, 0.25) is 0 Å². The van der Waals surface area contributed by atoms with Crippen LogP contribution in [0, 0.1) is 11.7 Å². The van der Waals surface area contributed by atoms with Gasteiger partial charge in [0.15, 0.2) is 0 Å². The van der Waals surface area contributed by atoms with E-state index >= 15 is 0 Å². The Morgan fingerprint density at radius 3 is 2.95 bits per heavy atom. The summed E-state index contributed by atoms with van der Waals surface area (Å²) in [5.74, 6) is -0.476. The fraction of sp³-hybridized carbons (Fsp3) is 0.500. The third-order valence-electron chi connectivity index (χ3n) is 3.14. The molecule has 0 aromatic heterocycles. The molecule has 1 fully saturated rings. The fourth-order valence-corrected chi connectivity index (χ4v) is 3.82. The summed E-state index contributed by atoms with van der Waals surface area (Å²) in [6.07, 6.45) is 2.02. The van der Waals surface area contributed by atoms with Crippen LogP contribution in [0.5, 0.6) is 0 Å². The van der Waals surface area contributed by atoms with Crippen LogP contribution in [-0.4, -0.2) is 28.1 Å². The molecule has 0 spiro atoms. The van der Waals surface area contributed by atoms with Gasteiger partial charge in [-0.25, -0.2) is 17.5 Å². The van der Waals surface area contributed by atoms with Crippen LogP contribution >= 0.6 is 15.9 Å². The minimum atomic E-state index is -3.80. The van der Waals surface area contributed by atoms with Crippen LogP contribution in [-0.2, 0) is 10.0 Å². The zero-order chi connectivity index (χ0) is 13.9. The Balaban J connectivity index is 2.07. The molecule has 1 atom stereocenters. The lowest BCUT2D eigenvalue weighted by Gasteiger charge is -2.22. The van der Waals surface area contributed by atoms with E-state index in [0.717, 1.165) is 32.0 Å². The van der Waals surface area contributed by atoms with Gasteiger partial charge in [0.25, 0.3) is 0 Å². The molecule has 0 saturated carbocycles. The number of benzene rings is 1.